The zero-order valence-corrected chi connectivity index (χ0v) is 17.3. The van der Waals surface area contributed by atoms with Gasteiger partial charge in [-0.1, -0.05) is 25.5 Å². The first-order valence-electron chi connectivity index (χ1n) is 10.5. The van der Waals surface area contributed by atoms with Crippen LogP contribution in [0.15, 0.2) is 23.8 Å². The lowest BCUT2D eigenvalue weighted by atomic mass is 9.46. The Kier molecular flexibility index (Phi) is 4.67. The predicted molar refractivity (Wildman–Crippen MR) is 105 cm³/mol. The van der Waals surface area contributed by atoms with Gasteiger partial charge in [-0.3, -0.25) is 14.4 Å². The van der Waals surface area contributed by atoms with Crippen molar-refractivity contribution >= 4 is 17.5 Å². The van der Waals surface area contributed by atoms with Crippen molar-refractivity contribution < 1.29 is 29.3 Å². The Balaban J connectivity index is 1.66. The fourth-order valence-corrected chi connectivity index (χ4v) is 7.08. The van der Waals surface area contributed by atoms with Crippen LogP contribution in [-0.2, 0) is 19.1 Å². The van der Waals surface area contributed by atoms with E-state index in [4.69, 9.17) is 4.74 Å². The minimum atomic E-state index is -1.60. The summed E-state index contributed by atoms with van der Waals surface area (Å²) >= 11 is 0. The summed E-state index contributed by atoms with van der Waals surface area (Å²) in [5, 5.41) is 22.7. The number of rotatable bonds is 3. The maximum absolute atomic E-state index is 12.9. The number of fused-ring (bicyclic) bond motifs is 5. The smallest absolute Gasteiger partial charge is 0.303 e. The second-order valence-electron chi connectivity index (χ2n) is 9.81. The summed E-state index contributed by atoms with van der Waals surface area (Å²) in [6.45, 7) is 4.80. The number of carbonyl (C=O) groups excluding carboxylic acids is 3. The normalized spacial score (nSPS) is 45.7. The summed E-state index contributed by atoms with van der Waals surface area (Å²) < 4.78 is 4.88. The molecule has 4 rings (SSSR count). The van der Waals surface area contributed by atoms with E-state index in [0.29, 0.717) is 19.3 Å². The third-order valence-corrected chi connectivity index (χ3v) is 8.52. The molecule has 3 fully saturated rings. The number of ether oxygens (including phenoxy) is 1. The second-order valence-corrected chi connectivity index (χ2v) is 9.81. The number of Topliss-reactive ketones (excluding diaryl/α,β-unsaturated/α-hetero) is 1. The number of hydrogen-bond donors (Lipinski definition) is 2. The van der Waals surface area contributed by atoms with E-state index in [1.165, 1.54) is 6.92 Å². The highest BCUT2D eigenvalue weighted by atomic mass is 16.5. The quantitative estimate of drug-likeness (QED) is 0.702. The van der Waals surface area contributed by atoms with E-state index >= 15 is 0 Å². The highest BCUT2D eigenvalue weighted by molar-refractivity contribution is 6.01. The Morgan fingerprint density at radius 1 is 1.28 bits per heavy atom. The Morgan fingerprint density at radius 2 is 2.00 bits per heavy atom. The van der Waals surface area contributed by atoms with Gasteiger partial charge >= 0.3 is 5.97 Å². The van der Waals surface area contributed by atoms with E-state index in [1.807, 2.05) is 13.0 Å². The highest BCUT2D eigenvalue weighted by Gasteiger charge is 2.68. The van der Waals surface area contributed by atoms with Gasteiger partial charge in [0.2, 0.25) is 5.78 Å². The topological polar surface area (TPSA) is 101 Å². The molecule has 0 aromatic heterocycles. The van der Waals surface area contributed by atoms with Gasteiger partial charge in [0, 0.05) is 23.7 Å². The fourth-order valence-electron chi connectivity index (χ4n) is 7.08. The molecule has 2 N–H and O–H groups in total. The highest BCUT2D eigenvalue weighted by Crippen LogP contribution is 2.67. The van der Waals surface area contributed by atoms with E-state index in [0.717, 1.165) is 18.4 Å². The molecule has 4 aliphatic rings. The predicted octanol–water partition coefficient (Wildman–Crippen LogP) is 2.13. The first-order chi connectivity index (χ1) is 13.5. The summed E-state index contributed by atoms with van der Waals surface area (Å²) in [6.07, 6.45) is 7.50. The maximum atomic E-state index is 12.9. The molecule has 0 radical (unpaired) electrons. The van der Waals surface area contributed by atoms with Crippen molar-refractivity contribution in [2.75, 3.05) is 6.61 Å². The molecule has 158 valence electrons. The molecule has 0 spiro atoms. The molecule has 29 heavy (non-hydrogen) atoms. The van der Waals surface area contributed by atoms with Gasteiger partial charge < -0.3 is 14.9 Å². The van der Waals surface area contributed by atoms with Gasteiger partial charge in [-0.25, -0.2) is 0 Å². The maximum Gasteiger partial charge on any atom is 0.303 e. The Bertz CT molecular complexity index is 827. The van der Waals surface area contributed by atoms with Crippen LogP contribution in [0.3, 0.4) is 0 Å². The van der Waals surface area contributed by atoms with Crippen LogP contribution in [0, 0.1) is 28.6 Å². The van der Waals surface area contributed by atoms with Crippen molar-refractivity contribution in [2.24, 2.45) is 28.6 Å². The third kappa shape index (κ3) is 2.79. The van der Waals surface area contributed by atoms with Crippen LogP contribution in [0.25, 0.3) is 0 Å². The summed E-state index contributed by atoms with van der Waals surface area (Å²) in [7, 11) is 0. The molecule has 7 atom stereocenters. The van der Waals surface area contributed by atoms with E-state index in [-0.39, 0.29) is 29.0 Å². The molecule has 0 bridgehead atoms. The molecule has 4 aliphatic carbocycles. The van der Waals surface area contributed by atoms with Crippen molar-refractivity contribution in [3.05, 3.63) is 23.8 Å². The third-order valence-electron chi connectivity index (χ3n) is 8.52. The molecule has 0 saturated heterocycles. The lowest BCUT2D eigenvalue weighted by Crippen LogP contribution is -2.61. The van der Waals surface area contributed by atoms with Crippen molar-refractivity contribution in [3.8, 4) is 0 Å². The van der Waals surface area contributed by atoms with E-state index < -0.39 is 35.5 Å². The molecule has 0 aliphatic heterocycles. The summed E-state index contributed by atoms with van der Waals surface area (Å²) in [5.41, 5.74) is -1.67. The molecule has 0 unspecified atom stereocenters. The number of esters is 1. The van der Waals surface area contributed by atoms with Crippen LogP contribution in [0.5, 0.6) is 0 Å². The van der Waals surface area contributed by atoms with Gasteiger partial charge in [0.15, 0.2) is 12.4 Å². The van der Waals surface area contributed by atoms with E-state index in [1.54, 1.807) is 12.2 Å². The second kappa shape index (κ2) is 6.61. The minimum Gasteiger partial charge on any atom is -0.458 e. The molecule has 0 aromatic rings. The first-order valence-corrected chi connectivity index (χ1v) is 10.5. The van der Waals surface area contributed by atoms with Gasteiger partial charge in [-0.2, -0.15) is 0 Å². The van der Waals surface area contributed by atoms with Crippen molar-refractivity contribution in [1.82, 2.24) is 0 Å². The Morgan fingerprint density at radius 3 is 2.69 bits per heavy atom. The lowest BCUT2D eigenvalue weighted by Gasteiger charge is -2.59. The Labute approximate surface area is 171 Å². The molecule has 6 heteroatoms. The molecule has 3 saturated carbocycles. The lowest BCUT2D eigenvalue weighted by molar-refractivity contribution is -0.181. The average Bonchev–Trinajstić information content (AvgIpc) is 2.91. The molecular weight excluding hydrogens is 372 g/mol. The van der Waals surface area contributed by atoms with Crippen LogP contribution in [0.4, 0.5) is 0 Å². The standard InChI is InChI=1S/C23H30O6/c1-13(24)29-12-19(27)23(28)9-7-17-16-5-4-14-10-15(25)6-8-21(14,2)20(16)18(26)11-22(17,23)3/h6,8,10,16-18,20,26,28H,4-5,7,9,11-12H2,1-3H3/t16-,17-,18-,20-,21+,22-,23-/m0/s1. The van der Waals surface area contributed by atoms with Gasteiger partial charge in [-0.05, 0) is 56.1 Å². The fraction of sp³-hybridized carbons (Fsp3) is 0.696. The zero-order valence-electron chi connectivity index (χ0n) is 17.3. The van der Waals surface area contributed by atoms with Crippen molar-refractivity contribution in [2.45, 2.75) is 64.6 Å². The van der Waals surface area contributed by atoms with Crippen LogP contribution in [0.1, 0.15) is 52.9 Å². The van der Waals surface area contributed by atoms with Crippen LogP contribution in [0.2, 0.25) is 0 Å². The van der Waals surface area contributed by atoms with Gasteiger partial charge in [-0.15, -0.1) is 0 Å². The largest absolute Gasteiger partial charge is 0.458 e. The average molecular weight is 402 g/mol. The SMILES string of the molecule is CC(=O)OCC(=O)[C@@]1(O)CC[C@H]2[C@@H]3CCC4=CC(=O)C=C[C@@]4(C)[C@@H]3[C@@H](O)C[C@@]21C. The van der Waals surface area contributed by atoms with Gasteiger partial charge in [0.05, 0.1) is 6.10 Å². The number of carbonyl (C=O) groups is 3. The van der Waals surface area contributed by atoms with Gasteiger partial charge in [0.25, 0.3) is 0 Å². The minimum absolute atomic E-state index is 0.00243. The van der Waals surface area contributed by atoms with E-state index in [9.17, 15) is 24.6 Å². The summed E-state index contributed by atoms with van der Waals surface area (Å²) in [4.78, 5) is 35.9. The van der Waals surface area contributed by atoms with E-state index in [2.05, 4.69) is 6.92 Å². The van der Waals surface area contributed by atoms with Crippen molar-refractivity contribution in [1.29, 1.82) is 0 Å². The molecule has 0 heterocycles. The van der Waals surface area contributed by atoms with Crippen LogP contribution in [-0.4, -0.2) is 46.1 Å². The molecule has 6 nitrogen and oxygen atoms in total. The number of hydrogen-bond acceptors (Lipinski definition) is 6. The number of allylic oxidation sites excluding steroid dienone is 4. The monoisotopic (exact) mass is 402 g/mol. The zero-order chi connectivity index (χ0) is 21.2. The van der Waals surface area contributed by atoms with Crippen LogP contribution >= 0.6 is 0 Å². The van der Waals surface area contributed by atoms with Crippen LogP contribution < -0.4 is 0 Å². The number of ketones is 2. The Hall–Kier alpha value is -1.79. The first kappa shape index (κ1) is 20.5. The molecular formula is C23H30O6. The summed E-state index contributed by atoms with van der Waals surface area (Å²) in [5.74, 6) is -0.836. The molecule has 0 amide bonds. The van der Waals surface area contributed by atoms with Crippen molar-refractivity contribution in [3.63, 3.8) is 0 Å². The number of aliphatic hydroxyl groups excluding tert-OH is 1. The summed E-state index contributed by atoms with van der Waals surface area (Å²) in [6, 6.07) is 0. The number of aliphatic hydroxyl groups is 2. The molecule has 0 aromatic carbocycles. The van der Waals surface area contributed by atoms with Gasteiger partial charge in [0.1, 0.15) is 5.60 Å².